The fraction of sp³-hybridized carbons (Fsp3) is 0.300. The lowest BCUT2D eigenvalue weighted by Gasteiger charge is -2.19. The van der Waals surface area contributed by atoms with Crippen LogP contribution in [-0.4, -0.2) is 28.8 Å². The van der Waals surface area contributed by atoms with E-state index in [1.807, 2.05) is 0 Å². The normalized spacial score (nSPS) is 13.5. The van der Waals surface area contributed by atoms with Gasteiger partial charge in [0.25, 0.3) is 0 Å². The van der Waals surface area contributed by atoms with Crippen LogP contribution in [0.1, 0.15) is 6.92 Å². The number of hydrogen-bond donors (Lipinski definition) is 2. The van der Waals surface area contributed by atoms with E-state index < -0.39 is 16.6 Å². The first-order valence-electron chi connectivity index (χ1n) is 4.81. The number of methoxy groups -OCH3 is 1. The molecule has 0 aliphatic carbocycles. The van der Waals surface area contributed by atoms with Crippen molar-refractivity contribution in [3.05, 3.63) is 32.8 Å². The van der Waals surface area contributed by atoms with Crippen LogP contribution < -0.4 is 10.1 Å². The Hall–Kier alpha value is -1.83. The topological polar surface area (TPSA) is 102 Å². The molecular weight excluding hydrogens is 308 g/mol. The van der Waals surface area contributed by atoms with E-state index in [1.54, 1.807) is 6.07 Å². The predicted octanol–water partition coefficient (Wildman–Crippen LogP) is 1.95. The third-order valence-electron chi connectivity index (χ3n) is 2.32. The van der Waals surface area contributed by atoms with Crippen molar-refractivity contribution < 1.29 is 19.6 Å². The van der Waals surface area contributed by atoms with Gasteiger partial charge in [0.1, 0.15) is 5.75 Å². The third-order valence-corrected chi connectivity index (χ3v) is 2.94. The van der Waals surface area contributed by atoms with Crippen LogP contribution in [-0.2, 0) is 4.79 Å². The minimum absolute atomic E-state index is 0.296. The first-order chi connectivity index (χ1) is 8.31. The van der Waals surface area contributed by atoms with Gasteiger partial charge in [-0.15, -0.1) is 0 Å². The third kappa shape index (κ3) is 2.70. The van der Waals surface area contributed by atoms with Crippen molar-refractivity contribution in [1.82, 2.24) is 0 Å². The van der Waals surface area contributed by atoms with E-state index in [9.17, 15) is 14.9 Å². The van der Waals surface area contributed by atoms with Crippen molar-refractivity contribution in [3.8, 4) is 5.75 Å². The summed E-state index contributed by atoms with van der Waals surface area (Å²) in [6.45, 7) is 0.980. The Labute approximate surface area is 111 Å². The summed E-state index contributed by atoms with van der Waals surface area (Å²) in [7, 11) is 1.48. The van der Waals surface area contributed by atoms with Crippen LogP contribution in [0.4, 0.5) is 5.69 Å². The van der Waals surface area contributed by atoms with Gasteiger partial charge in [-0.25, -0.2) is 4.79 Å². The van der Waals surface area contributed by atoms with Gasteiger partial charge in [0.15, 0.2) is 0 Å². The Morgan fingerprint density at radius 3 is 2.61 bits per heavy atom. The number of rotatable bonds is 5. The van der Waals surface area contributed by atoms with E-state index >= 15 is 0 Å². The molecule has 1 aromatic carbocycles. The number of carboxylic acids is 1. The van der Waals surface area contributed by atoms with Crippen molar-refractivity contribution in [1.29, 1.82) is 0 Å². The molecule has 0 heterocycles. The summed E-state index contributed by atoms with van der Waals surface area (Å²) in [4.78, 5) is 20.8. The lowest BCUT2D eigenvalue weighted by molar-refractivity contribution is -0.542. The highest BCUT2D eigenvalue weighted by atomic mass is 79.9. The van der Waals surface area contributed by atoms with Crippen LogP contribution >= 0.6 is 15.9 Å². The number of nitrogens with one attached hydrogen (secondary N) is 1. The summed E-state index contributed by atoms with van der Waals surface area (Å²) in [6, 6.07) is 4.56. The molecule has 0 aliphatic rings. The van der Waals surface area contributed by atoms with Crippen molar-refractivity contribution in [2.24, 2.45) is 0 Å². The summed E-state index contributed by atoms with van der Waals surface area (Å²) in [5.41, 5.74) is -1.99. The second-order valence-electron chi connectivity index (χ2n) is 3.61. The average molecular weight is 319 g/mol. The summed E-state index contributed by atoms with van der Waals surface area (Å²) < 4.78 is 5.56. The fourth-order valence-electron chi connectivity index (χ4n) is 1.20. The molecule has 8 heteroatoms. The SMILES string of the molecule is COc1ccc(N[C@@](C)(C(=O)O)[N+](=O)[O-])cc1Br. The second-order valence-corrected chi connectivity index (χ2v) is 4.46. The van der Waals surface area contributed by atoms with Crippen molar-refractivity contribution in [2.75, 3.05) is 12.4 Å². The number of halogens is 1. The highest BCUT2D eigenvalue weighted by Crippen LogP contribution is 2.29. The Morgan fingerprint density at radius 2 is 2.22 bits per heavy atom. The molecule has 18 heavy (non-hydrogen) atoms. The quantitative estimate of drug-likeness (QED) is 0.488. The van der Waals surface area contributed by atoms with Gasteiger partial charge in [-0.3, -0.25) is 10.1 Å². The van der Waals surface area contributed by atoms with Crippen LogP contribution in [0.5, 0.6) is 5.75 Å². The lowest BCUT2D eigenvalue weighted by atomic mass is 10.2. The Bertz CT molecular complexity index is 477. The maximum atomic E-state index is 10.9. The molecule has 1 atom stereocenters. The molecule has 0 spiro atoms. The van der Waals surface area contributed by atoms with E-state index in [1.165, 1.54) is 19.2 Å². The van der Waals surface area contributed by atoms with Gasteiger partial charge in [0.2, 0.25) is 0 Å². The van der Waals surface area contributed by atoms with Gasteiger partial charge in [-0.2, -0.15) is 0 Å². The van der Waals surface area contributed by atoms with Crippen molar-refractivity contribution in [2.45, 2.75) is 12.6 Å². The molecule has 0 saturated heterocycles. The maximum absolute atomic E-state index is 10.9. The standard InChI is InChI=1S/C10H11BrN2O5/c1-10(9(14)15,13(16)17)12-6-3-4-8(18-2)7(11)5-6/h3-5,12H,1-2H3,(H,14,15)/t10-/m1/s1. The van der Waals surface area contributed by atoms with Crippen LogP contribution in [0.3, 0.4) is 0 Å². The average Bonchev–Trinajstić information content (AvgIpc) is 2.28. The van der Waals surface area contributed by atoms with E-state index in [2.05, 4.69) is 21.2 Å². The van der Waals surface area contributed by atoms with Crippen molar-refractivity contribution >= 4 is 27.6 Å². The second kappa shape index (κ2) is 5.21. The number of anilines is 1. The van der Waals surface area contributed by atoms with E-state index in [-0.39, 0.29) is 0 Å². The highest BCUT2D eigenvalue weighted by Gasteiger charge is 2.46. The number of carboxylic acid groups (broad SMARTS) is 1. The molecule has 1 aromatic rings. The Morgan fingerprint density at radius 1 is 1.61 bits per heavy atom. The minimum atomic E-state index is -2.28. The Balaban J connectivity index is 3.06. The lowest BCUT2D eigenvalue weighted by Crippen LogP contribution is -2.50. The summed E-state index contributed by atoms with van der Waals surface area (Å²) in [5.74, 6) is -1.03. The molecular formula is C10H11BrN2O5. The van der Waals surface area contributed by atoms with E-state index in [4.69, 9.17) is 9.84 Å². The molecule has 0 bridgehead atoms. The highest BCUT2D eigenvalue weighted by molar-refractivity contribution is 9.10. The predicted molar refractivity (Wildman–Crippen MR) is 67.4 cm³/mol. The van der Waals surface area contributed by atoms with Crippen LogP contribution in [0, 0.1) is 10.1 Å². The van der Waals surface area contributed by atoms with Gasteiger partial charge < -0.3 is 15.2 Å². The number of benzene rings is 1. The van der Waals surface area contributed by atoms with Crippen LogP contribution in [0.2, 0.25) is 0 Å². The van der Waals surface area contributed by atoms with Gasteiger partial charge in [-0.1, -0.05) is 0 Å². The number of carbonyl (C=O) groups is 1. The molecule has 0 aromatic heterocycles. The first kappa shape index (κ1) is 14.2. The fourth-order valence-corrected chi connectivity index (χ4v) is 1.74. The first-order valence-corrected chi connectivity index (χ1v) is 5.60. The summed E-state index contributed by atoms with van der Waals surface area (Å²) in [6.07, 6.45) is 0. The molecule has 0 saturated carbocycles. The molecule has 0 amide bonds. The Kier molecular flexibility index (Phi) is 4.12. The zero-order valence-corrected chi connectivity index (χ0v) is 11.2. The van der Waals surface area contributed by atoms with E-state index in [0.29, 0.717) is 15.9 Å². The number of nitro groups is 1. The molecule has 98 valence electrons. The molecule has 0 radical (unpaired) electrons. The van der Waals surface area contributed by atoms with E-state index in [0.717, 1.165) is 6.92 Å². The monoisotopic (exact) mass is 318 g/mol. The zero-order chi connectivity index (χ0) is 13.9. The van der Waals surface area contributed by atoms with Crippen molar-refractivity contribution in [3.63, 3.8) is 0 Å². The largest absolute Gasteiger partial charge is 0.496 e. The smallest absolute Gasteiger partial charge is 0.404 e. The maximum Gasteiger partial charge on any atom is 0.404 e. The molecule has 0 aliphatic heterocycles. The minimum Gasteiger partial charge on any atom is -0.496 e. The number of aliphatic carboxylic acids is 1. The number of hydrogen-bond acceptors (Lipinski definition) is 5. The van der Waals surface area contributed by atoms with Gasteiger partial charge in [0.05, 0.1) is 16.5 Å². The van der Waals surface area contributed by atoms with Crippen LogP contribution in [0.25, 0.3) is 0 Å². The molecule has 7 nitrogen and oxygen atoms in total. The van der Waals surface area contributed by atoms with Crippen LogP contribution in [0.15, 0.2) is 22.7 Å². The summed E-state index contributed by atoms with van der Waals surface area (Å²) in [5, 5.41) is 22.1. The molecule has 1 rings (SSSR count). The molecule has 0 fully saturated rings. The number of ether oxygens (including phenoxy) is 1. The van der Waals surface area contributed by atoms with Gasteiger partial charge in [-0.05, 0) is 34.1 Å². The zero-order valence-electron chi connectivity index (χ0n) is 9.64. The van der Waals surface area contributed by atoms with Gasteiger partial charge >= 0.3 is 11.6 Å². The number of nitrogens with zero attached hydrogens (tertiary/aromatic N) is 1. The molecule has 2 N–H and O–H groups in total. The molecule has 0 unspecified atom stereocenters. The van der Waals surface area contributed by atoms with Gasteiger partial charge in [0, 0.05) is 12.6 Å². The summed E-state index contributed by atoms with van der Waals surface area (Å²) >= 11 is 3.21.